The zero-order valence-corrected chi connectivity index (χ0v) is 19.2. The third-order valence-corrected chi connectivity index (χ3v) is 5.82. The van der Waals surface area contributed by atoms with Gasteiger partial charge in [-0.25, -0.2) is 0 Å². The first-order valence-corrected chi connectivity index (χ1v) is 8.68. The molecule has 3 aliphatic rings. The molecule has 130 valence electrons. The van der Waals surface area contributed by atoms with Crippen LogP contribution in [0.1, 0.15) is 27.4 Å². The van der Waals surface area contributed by atoms with Crippen LogP contribution in [0.25, 0.3) is 10.9 Å². The molecule has 2 bridgehead atoms. The molecule has 3 aliphatic heterocycles. The molecule has 5 heteroatoms. The molecule has 0 amide bonds. The monoisotopic (exact) mass is 464 g/mol. The van der Waals surface area contributed by atoms with Crippen LogP contribution >= 0.6 is 0 Å². The zero-order chi connectivity index (χ0) is 16.7. The first kappa shape index (κ1) is 19.4. The van der Waals surface area contributed by atoms with Crippen LogP contribution in [0.3, 0.4) is 0 Å². The minimum absolute atomic E-state index is 0. The van der Waals surface area contributed by atoms with Crippen LogP contribution in [-0.2, 0) is 0 Å². The number of hydrogen-bond donors (Lipinski definition) is 1. The Bertz CT molecular complexity index is 777. The van der Waals surface area contributed by atoms with E-state index in [2.05, 4.69) is 22.5 Å². The predicted molar refractivity (Wildman–Crippen MR) is 103 cm³/mol. The molecular weight excluding hydrogens is 438 g/mol. The van der Waals surface area contributed by atoms with Crippen LogP contribution in [0.2, 0.25) is 0 Å². The number of nitrogens with zero attached hydrogens (tertiary/aromatic N) is 2. The maximum absolute atomic E-state index is 11.2. The summed E-state index contributed by atoms with van der Waals surface area (Å²) in [6.07, 6.45) is 5.62. The molecule has 0 radical (unpaired) electrons. The Morgan fingerprint density at radius 1 is 1.44 bits per heavy atom. The van der Waals surface area contributed by atoms with Crippen molar-refractivity contribution in [2.45, 2.75) is 25.0 Å². The third-order valence-electron chi connectivity index (χ3n) is 5.82. The smallest absolute Gasteiger partial charge is 1.00 e. The van der Waals surface area contributed by atoms with Crippen molar-refractivity contribution in [1.29, 1.82) is 0 Å². The van der Waals surface area contributed by atoms with E-state index in [1.54, 1.807) is 13.3 Å². The summed E-state index contributed by atoms with van der Waals surface area (Å²) < 4.78 is 5.35. The van der Waals surface area contributed by atoms with E-state index < -0.39 is 6.10 Å². The quantitative estimate of drug-likeness (QED) is 0.559. The van der Waals surface area contributed by atoms with E-state index >= 15 is 0 Å². The number of pyridine rings is 1. The van der Waals surface area contributed by atoms with Crippen LogP contribution in [0, 0.1) is 11.8 Å². The summed E-state index contributed by atoms with van der Waals surface area (Å²) in [5, 5.41) is 12.1. The standard InChI is InChI=1S/C20H24N2O2.Ba.2H/c1-3-13-12-22-9-7-14(13)10-19(22)20(23)16-6-8-21-18-5-4-15(24-2)11-17(16)18;;;/h3-6,8,11,13-14,19-20,23H,1,7,9-10,12H2,2H3;;;/q;+2;2*-1/t13-,14?,19-,20-;;;/m1.../s1. The average Bonchev–Trinajstić information content (AvgIpc) is 2.66. The van der Waals surface area contributed by atoms with Gasteiger partial charge in [0.25, 0.3) is 0 Å². The topological polar surface area (TPSA) is 45.6 Å². The van der Waals surface area contributed by atoms with E-state index in [-0.39, 0.29) is 57.8 Å². The van der Waals surface area contributed by atoms with Gasteiger partial charge >= 0.3 is 48.9 Å². The van der Waals surface area contributed by atoms with Crippen molar-refractivity contribution in [1.82, 2.24) is 9.88 Å². The number of aliphatic hydroxyl groups is 1. The molecule has 3 fully saturated rings. The summed E-state index contributed by atoms with van der Waals surface area (Å²) in [4.78, 5) is 6.86. The first-order valence-electron chi connectivity index (χ1n) is 8.68. The maximum Gasteiger partial charge on any atom is 2.00 e. The fourth-order valence-corrected chi connectivity index (χ4v) is 4.44. The van der Waals surface area contributed by atoms with Crippen molar-refractivity contribution >= 4 is 59.8 Å². The first-order chi connectivity index (χ1) is 11.7. The summed E-state index contributed by atoms with van der Waals surface area (Å²) in [6.45, 7) is 6.07. The number of hydrogen-bond acceptors (Lipinski definition) is 4. The summed E-state index contributed by atoms with van der Waals surface area (Å²) in [6, 6.07) is 7.96. The van der Waals surface area contributed by atoms with Gasteiger partial charge < -0.3 is 12.7 Å². The molecule has 5 atom stereocenters. The van der Waals surface area contributed by atoms with Crippen LogP contribution in [0.4, 0.5) is 0 Å². The van der Waals surface area contributed by atoms with Crippen molar-refractivity contribution in [3.05, 3.63) is 48.7 Å². The van der Waals surface area contributed by atoms with Crippen molar-refractivity contribution in [2.75, 3.05) is 20.2 Å². The molecule has 0 saturated carbocycles. The fraction of sp³-hybridized carbons (Fsp3) is 0.450. The third kappa shape index (κ3) is 3.58. The summed E-state index contributed by atoms with van der Waals surface area (Å²) >= 11 is 0. The van der Waals surface area contributed by atoms with Crippen molar-refractivity contribution in [3.8, 4) is 5.75 Å². The van der Waals surface area contributed by atoms with E-state index in [0.717, 1.165) is 41.7 Å². The Hall–Kier alpha value is -0.339. The Morgan fingerprint density at radius 3 is 2.96 bits per heavy atom. The molecule has 1 aromatic carbocycles. The second-order valence-corrected chi connectivity index (χ2v) is 6.97. The molecule has 25 heavy (non-hydrogen) atoms. The van der Waals surface area contributed by atoms with Crippen LogP contribution in [0.15, 0.2) is 43.1 Å². The van der Waals surface area contributed by atoms with E-state index in [1.807, 2.05) is 24.3 Å². The SMILES string of the molecule is C=C[C@@H]1CN2CCC1C[C@@H]2[C@H](O)c1ccnc2ccc(OC)cc12.[Ba+2].[H-].[H-]. The summed E-state index contributed by atoms with van der Waals surface area (Å²) in [5.74, 6) is 2.01. The van der Waals surface area contributed by atoms with Crippen LogP contribution in [-0.4, -0.2) is 90.1 Å². The Balaban J connectivity index is 0.00000121. The molecule has 4 nitrogen and oxygen atoms in total. The minimum atomic E-state index is -0.504. The second-order valence-electron chi connectivity index (χ2n) is 6.97. The molecule has 2 unspecified atom stereocenters. The predicted octanol–water partition coefficient (Wildman–Crippen LogP) is 3.02. The molecule has 3 saturated heterocycles. The number of benzene rings is 1. The van der Waals surface area contributed by atoms with Gasteiger partial charge in [-0.3, -0.25) is 9.88 Å². The van der Waals surface area contributed by atoms with Gasteiger partial charge in [-0.1, -0.05) is 6.08 Å². The Morgan fingerprint density at radius 2 is 2.28 bits per heavy atom. The van der Waals surface area contributed by atoms with Gasteiger partial charge in [-0.15, -0.1) is 6.58 Å². The van der Waals surface area contributed by atoms with Gasteiger partial charge in [0.1, 0.15) is 5.75 Å². The molecule has 5 rings (SSSR count). The second kappa shape index (κ2) is 8.13. The summed E-state index contributed by atoms with van der Waals surface area (Å²) in [7, 11) is 1.66. The van der Waals surface area contributed by atoms with Gasteiger partial charge in [0, 0.05) is 24.2 Å². The Kier molecular flexibility index (Phi) is 6.32. The molecule has 4 heterocycles. The average molecular weight is 464 g/mol. The zero-order valence-electron chi connectivity index (χ0n) is 16.8. The number of methoxy groups -OCH3 is 1. The van der Waals surface area contributed by atoms with Gasteiger partial charge in [0.05, 0.1) is 18.7 Å². The molecule has 1 aromatic heterocycles. The van der Waals surface area contributed by atoms with Crippen molar-refractivity contribution < 1.29 is 12.7 Å². The number of piperidine rings is 3. The minimum Gasteiger partial charge on any atom is -1.00 e. The number of ether oxygens (including phenoxy) is 1. The number of aromatic nitrogens is 1. The normalized spacial score (nSPS) is 29.0. The van der Waals surface area contributed by atoms with E-state index in [4.69, 9.17) is 4.74 Å². The fourth-order valence-electron chi connectivity index (χ4n) is 4.44. The molecule has 0 spiro atoms. The van der Waals surface area contributed by atoms with E-state index in [0.29, 0.717) is 11.8 Å². The largest absolute Gasteiger partial charge is 2.00 e. The van der Waals surface area contributed by atoms with Gasteiger partial charge in [0.15, 0.2) is 0 Å². The van der Waals surface area contributed by atoms with Crippen molar-refractivity contribution in [2.24, 2.45) is 11.8 Å². The number of rotatable bonds is 4. The molecule has 1 N–H and O–H groups in total. The summed E-state index contributed by atoms with van der Waals surface area (Å²) in [5.41, 5.74) is 1.85. The Labute approximate surface area is 192 Å². The van der Waals surface area contributed by atoms with Gasteiger partial charge in [0.2, 0.25) is 0 Å². The van der Waals surface area contributed by atoms with Crippen molar-refractivity contribution in [3.63, 3.8) is 0 Å². The van der Waals surface area contributed by atoms with E-state index in [1.165, 1.54) is 6.42 Å². The van der Waals surface area contributed by atoms with Crippen LogP contribution in [0.5, 0.6) is 5.75 Å². The van der Waals surface area contributed by atoms with E-state index in [9.17, 15) is 5.11 Å². The maximum atomic E-state index is 11.2. The molecule has 0 aliphatic carbocycles. The number of fused-ring (bicyclic) bond motifs is 4. The van der Waals surface area contributed by atoms with Crippen LogP contribution < -0.4 is 4.74 Å². The van der Waals surface area contributed by atoms with Gasteiger partial charge in [-0.05, 0) is 61.1 Å². The van der Waals surface area contributed by atoms with Gasteiger partial charge in [-0.2, -0.15) is 0 Å². The molecular formula is C20H26BaN2O2. The number of aliphatic hydroxyl groups excluding tert-OH is 1. The molecule has 2 aromatic rings.